The van der Waals surface area contributed by atoms with Crippen LogP contribution in [0.15, 0.2) is 84.9 Å². The Balaban J connectivity index is 1.48. The van der Waals surface area contributed by atoms with Gasteiger partial charge in [0.05, 0.1) is 17.1 Å². The number of nitrogens with zero attached hydrogens (tertiary/aromatic N) is 2. The average Bonchev–Trinajstić information content (AvgIpc) is 3.24. The molecule has 34 heavy (non-hydrogen) atoms. The standard InChI is InChI=1S/C30H16N2O2/c1-31-27-14-11-22(12-15-27)7-9-23-13-16-28-25(17-23)20-26-18-24(19-29(30(26)28)32(33)34)10-8-21-5-3-2-4-6-21/h2-6,11-19H,20H2. The zero-order valence-corrected chi connectivity index (χ0v) is 18.0. The highest BCUT2D eigenvalue weighted by Crippen LogP contribution is 2.43. The van der Waals surface area contributed by atoms with Crippen molar-refractivity contribution in [3.05, 3.63) is 140 Å². The Hall–Kier alpha value is -5.11. The quantitative estimate of drug-likeness (QED) is 0.130. The Morgan fingerprint density at radius 1 is 0.735 bits per heavy atom. The molecule has 0 unspecified atom stereocenters. The second kappa shape index (κ2) is 8.79. The smallest absolute Gasteiger partial charge is 0.258 e. The van der Waals surface area contributed by atoms with Crippen molar-refractivity contribution >= 4 is 11.4 Å². The zero-order chi connectivity index (χ0) is 23.5. The maximum atomic E-state index is 11.9. The normalized spacial score (nSPS) is 10.6. The summed E-state index contributed by atoms with van der Waals surface area (Å²) in [6, 6.07) is 26.0. The van der Waals surface area contributed by atoms with Crippen molar-refractivity contribution < 1.29 is 4.92 Å². The maximum absolute atomic E-state index is 11.9. The highest BCUT2D eigenvalue weighted by molar-refractivity contribution is 5.85. The van der Waals surface area contributed by atoms with Gasteiger partial charge in [0.15, 0.2) is 5.69 Å². The van der Waals surface area contributed by atoms with Crippen LogP contribution in [0.25, 0.3) is 16.0 Å². The van der Waals surface area contributed by atoms with Crippen LogP contribution >= 0.6 is 0 Å². The third-order valence-corrected chi connectivity index (χ3v) is 5.62. The Morgan fingerprint density at radius 2 is 1.35 bits per heavy atom. The topological polar surface area (TPSA) is 47.5 Å². The predicted molar refractivity (Wildman–Crippen MR) is 132 cm³/mol. The van der Waals surface area contributed by atoms with Gasteiger partial charge in [-0.15, -0.1) is 0 Å². The summed E-state index contributed by atoms with van der Waals surface area (Å²) in [5.41, 5.74) is 7.27. The molecule has 0 aliphatic heterocycles. The van der Waals surface area contributed by atoms with E-state index in [1.165, 1.54) is 0 Å². The van der Waals surface area contributed by atoms with Crippen molar-refractivity contribution in [2.75, 3.05) is 0 Å². The number of benzene rings is 4. The van der Waals surface area contributed by atoms with E-state index in [0.717, 1.165) is 33.4 Å². The minimum atomic E-state index is -0.331. The van der Waals surface area contributed by atoms with Crippen molar-refractivity contribution in [2.45, 2.75) is 6.42 Å². The molecule has 0 atom stereocenters. The lowest BCUT2D eigenvalue weighted by atomic mass is 10.00. The minimum Gasteiger partial charge on any atom is -0.258 e. The SMILES string of the molecule is [C-]#[N+]c1ccc(C#Cc2ccc3c(c2)Cc2cc(C#Cc4ccccc4)cc([N+](=O)[O-])c2-3)cc1. The molecule has 0 bridgehead atoms. The van der Waals surface area contributed by atoms with Crippen molar-refractivity contribution in [1.82, 2.24) is 0 Å². The zero-order valence-electron chi connectivity index (χ0n) is 18.0. The molecule has 4 heteroatoms. The Bertz CT molecular complexity index is 1600. The Labute approximate surface area is 197 Å². The van der Waals surface area contributed by atoms with Gasteiger partial charge < -0.3 is 0 Å². The largest absolute Gasteiger partial charge is 0.278 e. The fourth-order valence-electron chi connectivity index (χ4n) is 4.05. The van der Waals surface area contributed by atoms with E-state index in [1.807, 2.05) is 66.7 Å². The highest BCUT2D eigenvalue weighted by atomic mass is 16.6. The van der Waals surface area contributed by atoms with Gasteiger partial charge in [-0.1, -0.05) is 72.2 Å². The average molecular weight is 436 g/mol. The molecule has 4 nitrogen and oxygen atoms in total. The fraction of sp³-hybridized carbons (Fsp3) is 0.0333. The van der Waals surface area contributed by atoms with Gasteiger partial charge in [-0.3, -0.25) is 10.1 Å². The first-order valence-electron chi connectivity index (χ1n) is 10.6. The van der Waals surface area contributed by atoms with Crippen molar-refractivity contribution in [3.8, 4) is 34.8 Å². The Kier molecular flexibility index (Phi) is 5.37. The molecule has 0 saturated carbocycles. The molecule has 0 heterocycles. The van der Waals surface area contributed by atoms with E-state index < -0.39 is 0 Å². The molecule has 1 aliphatic carbocycles. The molecule has 158 valence electrons. The van der Waals surface area contributed by atoms with E-state index >= 15 is 0 Å². The van der Waals surface area contributed by atoms with Crippen LogP contribution < -0.4 is 0 Å². The molecule has 0 aromatic heterocycles. The van der Waals surface area contributed by atoms with Gasteiger partial charge >= 0.3 is 0 Å². The van der Waals surface area contributed by atoms with E-state index in [-0.39, 0.29) is 10.6 Å². The van der Waals surface area contributed by atoms with Gasteiger partial charge in [0, 0.05) is 28.3 Å². The number of hydrogen-bond acceptors (Lipinski definition) is 2. The highest BCUT2D eigenvalue weighted by Gasteiger charge is 2.28. The molecular formula is C30H16N2O2. The molecule has 4 aromatic carbocycles. The number of rotatable bonds is 1. The van der Waals surface area contributed by atoms with Gasteiger partial charge in [-0.05, 0) is 53.4 Å². The molecule has 1 aliphatic rings. The summed E-state index contributed by atoms with van der Waals surface area (Å²) in [6.45, 7) is 7.03. The van der Waals surface area contributed by atoms with Crippen LogP contribution in [-0.4, -0.2) is 4.92 Å². The summed E-state index contributed by atoms with van der Waals surface area (Å²) in [5, 5.41) is 11.9. The van der Waals surface area contributed by atoms with Crippen LogP contribution in [0.4, 0.5) is 11.4 Å². The summed E-state index contributed by atoms with van der Waals surface area (Å²) in [5.74, 6) is 12.4. The van der Waals surface area contributed by atoms with Crippen molar-refractivity contribution in [2.24, 2.45) is 0 Å². The second-order valence-electron chi connectivity index (χ2n) is 7.86. The number of fused-ring (bicyclic) bond motifs is 3. The summed E-state index contributed by atoms with van der Waals surface area (Å²) in [4.78, 5) is 14.9. The number of nitro benzene ring substituents is 1. The summed E-state index contributed by atoms with van der Waals surface area (Å²) < 4.78 is 0. The molecule has 4 aromatic rings. The van der Waals surface area contributed by atoms with Crippen LogP contribution in [0.3, 0.4) is 0 Å². The molecule has 5 rings (SSSR count). The summed E-state index contributed by atoms with van der Waals surface area (Å²) in [6.07, 6.45) is 0.599. The lowest BCUT2D eigenvalue weighted by Gasteiger charge is -2.04. The first-order chi connectivity index (χ1) is 16.6. The van der Waals surface area contributed by atoms with Gasteiger partial charge in [-0.25, -0.2) is 4.85 Å². The van der Waals surface area contributed by atoms with Gasteiger partial charge in [0.25, 0.3) is 5.69 Å². The Morgan fingerprint density at radius 3 is 2.06 bits per heavy atom. The van der Waals surface area contributed by atoms with E-state index in [9.17, 15) is 10.1 Å². The van der Waals surface area contributed by atoms with Crippen LogP contribution in [-0.2, 0) is 6.42 Å². The molecule has 0 radical (unpaired) electrons. The molecule has 0 fully saturated rings. The molecule has 0 N–H and O–H groups in total. The van der Waals surface area contributed by atoms with Gasteiger partial charge in [-0.2, -0.15) is 0 Å². The van der Waals surface area contributed by atoms with Gasteiger partial charge in [0.2, 0.25) is 0 Å². The third-order valence-electron chi connectivity index (χ3n) is 5.62. The summed E-state index contributed by atoms with van der Waals surface area (Å²) >= 11 is 0. The monoisotopic (exact) mass is 436 g/mol. The molecule has 0 saturated heterocycles. The van der Waals surface area contributed by atoms with Crippen LogP contribution in [0.5, 0.6) is 0 Å². The molecular weight excluding hydrogens is 420 g/mol. The van der Waals surface area contributed by atoms with Crippen LogP contribution in [0.2, 0.25) is 0 Å². The summed E-state index contributed by atoms with van der Waals surface area (Å²) in [7, 11) is 0. The lowest BCUT2D eigenvalue weighted by Crippen LogP contribution is -1.94. The van der Waals surface area contributed by atoms with E-state index in [4.69, 9.17) is 6.57 Å². The number of nitro groups is 1. The van der Waals surface area contributed by atoms with Crippen molar-refractivity contribution in [1.29, 1.82) is 0 Å². The number of hydrogen-bond donors (Lipinski definition) is 0. The van der Waals surface area contributed by atoms with E-state index in [1.54, 1.807) is 18.2 Å². The van der Waals surface area contributed by atoms with Crippen molar-refractivity contribution in [3.63, 3.8) is 0 Å². The molecule has 0 spiro atoms. The van der Waals surface area contributed by atoms with E-state index in [2.05, 4.69) is 28.5 Å². The minimum absolute atomic E-state index is 0.0762. The predicted octanol–water partition coefficient (Wildman–Crippen LogP) is 6.52. The lowest BCUT2D eigenvalue weighted by molar-refractivity contribution is -0.384. The second-order valence-corrected chi connectivity index (χ2v) is 7.86. The molecule has 0 amide bonds. The third kappa shape index (κ3) is 4.15. The van der Waals surface area contributed by atoms with Crippen LogP contribution in [0.1, 0.15) is 33.4 Å². The van der Waals surface area contributed by atoms with Crippen LogP contribution in [0, 0.1) is 40.4 Å². The van der Waals surface area contributed by atoms with Gasteiger partial charge in [0.1, 0.15) is 0 Å². The maximum Gasteiger partial charge on any atom is 0.278 e. The first-order valence-corrected chi connectivity index (χ1v) is 10.6. The first kappa shape index (κ1) is 20.8. The fourth-order valence-corrected chi connectivity index (χ4v) is 4.05. The van der Waals surface area contributed by atoms with E-state index in [0.29, 0.717) is 23.2 Å².